The van der Waals surface area contributed by atoms with Crippen molar-refractivity contribution in [3.05, 3.63) is 70.6 Å². The van der Waals surface area contributed by atoms with Gasteiger partial charge in [-0.1, -0.05) is 35.9 Å². The molecule has 0 aliphatic heterocycles. The fraction of sp³-hybridized carbons (Fsp3) is 0.0667. The zero-order valence-corrected chi connectivity index (χ0v) is 11.1. The monoisotopic (exact) mass is 270 g/mol. The molecule has 19 heavy (non-hydrogen) atoms. The topological polar surface area (TPSA) is 34.4 Å². The van der Waals surface area contributed by atoms with Gasteiger partial charge in [0.15, 0.2) is 0 Å². The van der Waals surface area contributed by atoms with Gasteiger partial charge in [-0.05, 0) is 24.6 Å². The number of imidazole rings is 1. The van der Waals surface area contributed by atoms with Crippen molar-refractivity contribution in [3.8, 4) is 0 Å². The van der Waals surface area contributed by atoms with Gasteiger partial charge in [0.1, 0.15) is 11.3 Å². The second kappa shape index (κ2) is 4.52. The second-order valence-corrected chi connectivity index (χ2v) is 4.82. The molecule has 0 spiro atoms. The second-order valence-electron chi connectivity index (χ2n) is 4.38. The van der Waals surface area contributed by atoms with E-state index in [-0.39, 0.29) is 5.78 Å². The summed E-state index contributed by atoms with van der Waals surface area (Å²) in [5.74, 6) is -0.0714. The molecule has 0 unspecified atom stereocenters. The number of aromatic nitrogens is 2. The standard InChI is InChI=1S/C15H11ClN2O/c1-10-4-2-3-5-12(10)15(19)13-9-18-8-11(16)6-7-14(18)17-13/h2-9H,1H3. The number of hydrogen-bond acceptors (Lipinski definition) is 2. The van der Waals surface area contributed by atoms with Crippen molar-refractivity contribution in [2.24, 2.45) is 0 Å². The molecule has 0 aliphatic carbocycles. The Labute approximate surface area is 115 Å². The summed E-state index contributed by atoms with van der Waals surface area (Å²) >= 11 is 5.92. The molecule has 0 aliphatic rings. The van der Waals surface area contributed by atoms with E-state index < -0.39 is 0 Å². The maximum atomic E-state index is 12.4. The third kappa shape index (κ3) is 2.13. The van der Waals surface area contributed by atoms with Gasteiger partial charge >= 0.3 is 0 Å². The van der Waals surface area contributed by atoms with Crippen LogP contribution in [0.1, 0.15) is 21.6 Å². The average Bonchev–Trinajstić information content (AvgIpc) is 2.81. The number of aryl methyl sites for hydroxylation is 1. The molecule has 3 nitrogen and oxygen atoms in total. The van der Waals surface area contributed by atoms with E-state index in [4.69, 9.17) is 11.6 Å². The van der Waals surface area contributed by atoms with Crippen LogP contribution in [0, 0.1) is 6.92 Å². The van der Waals surface area contributed by atoms with E-state index in [1.54, 1.807) is 28.9 Å². The zero-order chi connectivity index (χ0) is 13.4. The van der Waals surface area contributed by atoms with Crippen molar-refractivity contribution in [3.63, 3.8) is 0 Å². The number of benzene rings is 1. The van der Waals surface area contributed by atoms with Gasteiger partial charge in [-0.25, -0.2) is 4.98 Å². The van der Waals surface area contributed by atoms with Gasteiger partial charge in [0.25, 0.3) is 0 Å². The lowest BCUT2D eigenvalue weighted by Crippen LogP contribution is -2.03. The van der Waals surface area contributed by atoms with Crippen LogP contribution in [0.3, 0.4) is 0 Å². The van der Waals surface area contributed by atoms with E-state index in [2.05, 4.69) is 4.98 Å². The quantitative estimate of drug-likeness (QED) is 0.668. The van der Waals surface area contributed by atoms with Crippen LogP contribution < -0.4 is 0 Å². The van der Waals surface area contributed by atoms with Crippen molar-refractivity contribution in [2.75, 3.05) is 0 Å². The highest BCUT2D eigenvalue weighted by molar-refractivity contribution is 6.30. The van der Waals surface area contributed by atoms with Crippen molar-refractivity contribution in [1.29, 1.82) is 0 Å². The lowest BCUT2D eigenvalue weighted by molar-refractivity contribution is 0.103. The molecular formula is C15H11ClN2O. The Kier molecular flexibility index (Phi) is 2.84. The molecule has 3 rings (SSSR count). The summed E-state index contributed by atoms with van der Waals surface area (Å²) in [6.07, 6.45) is 3.44. The Morgan fingerprint density at radius 3 is 2.74 bits per heavy atom. The third-order valence-corrected chi connectivity index (χ3v) is 3.26. The summed E-state index contributed by atoms with van der Waals surface area (Å²) in [4.78, 5) is 16.7. The number of nitrogens with zero attached hydrogens (tertiary/aromatic N) is 2. The molecule has 1 aromatic carbocycles. The van der Waals surface area contributed by atoms with Gasteiger partial charge in [-0.15, -0.1) is 0 Å². The first kappa shape index (κ1) is 11.9. The highest BCUT2D eigenvalue weighted by Crippen LogP contribution is 2.16. The molecule has 0 bridgehead atoms. The van der Waals surface area contributed by atoms with Gasteiger partial charge in [0.05, 0.1) is 5.02 Å². The minimum Gasteiger partial charge on any atom is -0.305 e. The summed E-state index contributed by atoms with van der Waals surface area (Å²) in [5.41, 5.74) is 2.76. The Balaban J connectivity index is 2.09. The smallest absolute Gasteiger partial charge is 0.213 e. The predicted octanol–water partition coefficient (Wildman–Crippen LogP) is 3.53. The maximum Gasteiger partial charge on any atom is 0.213 e. The third-order valence-electron chi connectivity index (χ3n) is 3.04. The largest absolute Gasteiger partial charge is 0.305 e. The molecule has 4 heteroatoms. The van der Waals surface area contributed by atoms with Crippen LogP contribution in [0.25, 0.3) is 5.65 Å². The summed E-state index contributed by atoms with van der Waals surface area (Å²) in [6.45, 7) is 1.92. The van der Waals surface area contributed by atoms with Crippen molar-refractivity contribution in [1.82, 2.24) is 9.38 Å². The summed E-state index contributed by atoms with van der Waals surface area (Å²) < 4.78 is 1.76. The van der Waals surface area contributed by atoms with Gasteiger partial charge in [0.2, 0.25) is 5.78 Å². The highest BCUT2D eigenvalue weighted by atomic mass is 35.5. The van der Waals surface area contributed by atoms with E-state index >= 15 is 0 Å². The van der Waals surface area contributed by atoms with E-state index in [9.17, 15) is 4.79 Å². The SMILES string of the molecule is Cc1ccccc1C(=O)c1cn2cc(Cl)ccc2n1. The number of rotatable bonds is 2. The Hall–Kier alpha value is -2.13. The van der Waals surface area contributed by atoms with E-state index in [0.29, 0.717) is 21.9 Å². The van der Waals surface area contributed by atoms with Gasteiger partial charge in [-0.3, -0.25) is 4.79 Å². The molecule has 2 heterocycles. The normalized spacial score (nSPS) is 10.8. The minimum absolute atomic E-state index is 0.0714. The van der Waals surface area contributed by atoms with Gasteiger partial charge < -0.3 is 4.40 Å². The molecule has 0 saturated carbocycles. The molecular weight excluding hydrogens is 260 g/mol. The van der Waals surface area contributed by atoms with Crippen LogP contribution >= 0.6 is 11.6 Å². The molecule has 0 N–H and O–H groups in total. The van der Waals surface area contributed by atoms with Crippen molar-refractivity contribution >= 4 is 23.0 Å². The lowest BCUT2D eigenvalue weighted by Gasteiger charge is -2.01. The van der Waals surface area contributed by atoms with Crippen molar-refractivity contribution in [2.45, 2.75) is 6.92 Å². The average molecular weight is 271 g/mol. The van der Waals surface area contributed by atoms with Crippen LogP contribution in [0.5, 0.6) is 0 Å². The number of hydrogen-bond donors (Lipinski definition) is 0. The highest BCUT2D eigenvalue weighted by Gasteiger charge is 2.14. The zero-order valence-electron chi connectivity index (χ0n) is 10.3. The number of halogens is 1. The van der Waals surface area contributed by atoms with Crippen LogP contribution in [-0.2, 0) is 0 Å². The number of ketones is 1. The molecule has 3 aromatic rings. The Morgan fingerprint density at radius 1 is 1.16 bits per heavy atom. The molecule has 2 aromatic heterocycles. The first-order valence-electron chi connectivity index (χ1n) is 5.90. The molecule has 0 atom stereocenters. The first-order chi connectivity index (χ1) is 9.15. The minimum atomic E-state index is -0.0714. The molecule has 0 fully saturated rings. The molecule has 94 valence electrons. The fourth-order valence-electron chi connectivity index (χ4n) is 2.04. The summed E-state index contributed by atoms with van der Waals surface area (Å²) in [7, 11) is 0. The van der Waals surface area contributed by atoms with E-state index in [1.807, 2.05) is 31.2 Å². The maximum absolute atomic E-state index is 12.4. The number of pyridine rings is 1. The van der Waals surface area contributed by atoms with Gasteiger partial charge in [0, 0.05) is 18.0 Å². The van der Waals surface area contributed by atoms with Gasteiger partial charge in [-0.2, -0.15) is 0 Å². The molecule has 0 radical (unpaired) electrons. The van der Waals surface area contributed by atoms with E-state index in [1.165, 1.54) is 0 Å². The van der Waals surface area contributed by atoms with Crippen LogP contribution in [0.15, 0.2) is 48.8 Å². The van der Waals surface area contributed by atoms with E-state index in [0.717, 1.165) is 5.56 Å². The number of carbonyl (C=O) groups excluding carboxylic acids is 1. The fourth-order valence-corrected chi connectivity index (χ4v) is 2.21. The van der Waals surface area contributed by atoms with Crippen LogP contribution in [0.2, 0.25) is 5.02 Å². The van der Waals surface area contributed by atoms with Crippen LogP contribution in [0.4, 0.5) is 0 Å². The molecule has 0 amide bonds. The lowest BCUT2D eigenvalue weighted by atomic mass is 10.0. The predicted molar refractivity (Wildman–Crippen MR) is 74.8 cm³/mol. The Bertz CT molecular complexity index is 777. The molecule has 0 saturated heterocycles. The number of fused-ring (bicyclic) bond motifs is 1. The van der Waals surface area contributed by atoms with Crippen LogP contribution in [-0.4, -0.2) is 15.2 Å². The van der Waals surface area contributed by atoms with Crippen molar-refractivity contribution < 1.29 is 4.79 Å². The first-order valence-corrected chi connectivity index (χ1v) is 6.27. The summed E-state index contributed by atoms with van der Waals surface area (Å²) in [6, 6.07) is 11.0. The summed E-state index contributed by atoms with van der Waals surface area (Å²) in [5, 5.41) is 0.611. The Morgan fingerprint density at radius 2 is 1.95 bits per heavy atom. The number of carbonyl (C=O) groups is 1.